The molecular formula is C14H27N3O2S. The first-order valence-corrected chi connectivity index (χ1v) is 9.37. The van der Waals surface area contributed by atoms with E-state index in [-0.39, 0.29) is 12.1 Å². The van der Waals surface area contributed by atoms with E-state index in [0.29, 0.717) is 18.4 Å². The van der Waals surface area contributed by atoms with Crippen molar-refractivity contribution in [2.75, 3.05) is 26.7 Å². The molecular weight excluding hydrogens is 274 g/mol. The topological polar surface area (TPSA) is 52.7 Å². The monoisotopic (exact) mass is 301 g/mol. The van der Waals surface area contributed by atoms with E-state index in [1.54, 1.807) is 15.7 Å². The van der Waals surface area contributed by atoms with Crippen LogP contribution in [0.5, 0.6) is 0 Å². The molecule has 0 aromatic carbocycles. The van der Waals surface area contributed by atoms with Crippen LogP contribution in [0.3, 0.4) is 0 Å². The third-order valence-electron chi connectivity index (χ3n) is 5.63. The fourth-order valence-corrected chi connectivity index (χ4v) is 6.11. The van der Waals surface area contributed by atoms with Crippen molar-refractivity contribution in [3.63, 3.8) is 0 Å². The number of fused-ring (bicyclic) bond motifs is 1. The zero-order valence-corrected chi connectivity index (χ0v) is 13.4. The summed E-state index contributed by atoms with van der Waals surface area (Å²) < 4.78 is 29.2. The molecule has 6 heteroatoms. The molecule has 0 aromatic rings. The predicted molar refractivity (Wildman–Crippen MR) is 79.6 cm³/mol. The van der Waals surface area contributed by atoms with Crippen LogP contribution in [0.4, 0.5) is 0 Å². The van der Waals surface area contributed by atoms with Crippen LogP contribution in [0.1, 0.15) is 39.0 Å². The van der Waals surface area contributed by atoms with E-state index in [1.165, 1.54) is 6.42 Å². The molecule has 2 aliphatic heterocycles. The Morgan fingerprint density at radius 2 is 1.85 bits per heavy atom. The van der Waals surface area contributed by atoms with Crippen LogP contribution in [-0.4, -0.2) is 55.8 Å². The molecule has 2 saturated heterocycles. The average molecular weight is 301 g/mol. The maximum absolute atomic E-state index is 12.9. The van der Waals surface area contributed by atoms with Crippen molar-refractivity contribution in [1.29, 1.82) is 0 Å². The van der Waals surface area contributed by atoms with E-state index in [2.05, 4.69) is 12.2 Å². The van der Waals surface area contributed by atoms with Crippen molar-refractivity contribution in [3.05, 3.63) is 0 Å². The normalized spacial score (nSPS) is 36.6. The molecule has 3 aliphatic rings. The van der Waals surface area contributed by atoms with E-state index in [4.69, 9.17) is 0 Å². The number of rotatable bonds is 3. The van der Waals surface area contributed by atoms with Crippen molar-refractivity contribution in [2.24, 2.45) is 11.8 Å². The molecule has 3 rings (SSSR count). The van der Waals surface area contributed by atoms with E-state index >= 15 is 0 Å². The summed E-state index contributed by atoms with van der Waals surface area (Å²) in [4.78, 5) is 0. The summed E-state index contributed by atoms with van der Waals surface area (Å²) in [6.45, 7) is 4.70. The molecule has 0 bridgehead atoms. The van der Waals surface area contributed by atoms with Gasteiger partial charge in [0.2, 0.25) is 0 Å². The first-order chi connectivity index (χ1) is 9.51. The van der Waals surface area contributed by atoms with Crippen molar-refractivity contribution in [2.45, 2.75) is 51.1 Å². The van der Waals surface area contributed by atoms with E-state index in [0.717, 1.165) is 38.8 Å². The SMILES string of the molecule is CC1C2CNCC2CN1S(=O)(=O)N(C)C1CCCCC1. The highest BCUT2D eigenvalue weighted by atomic mass is 32.2. The van der Waals surface area contributed by atoms with E-state index < -0.39 is 10.2 Å². The smallest absolute Gasteiger partial charge is 0.282 e. The van der Waals surface area contributed by atoms with Gasteiger partial charge in [0.1, 0.15) is 0 Å². The van der Waals surface area contributed by atoms with Gasteiger partial charge in [-0.2, -0.15) is 17.0 Å². The molecule has 1 saturated carbocycles. The van der Waals surface area contributed by atoms with Crippen LogP contribution in [0.2, 0.25) is 0 Å². The zero-order valence-electron chi connectivity index (χ0n) is 12.6. The molecule has 1 N–H and O–H groups in total. The second-order valence-corrected chi connectivity index (χ2v) is 8.65. The Morgan fingerprint density at radius 1 is 1.15 bits per heavy atom. The molecule has 0 radical (unpaired) electrons. The molecule has 1 aliphatic carbocycles. The number of nitrogens with zero attached hydrogens (tertiary/aromatic N) is 2. The highest BCUT2D eigenvalue weighted by Gasteiger charge is 2.48. The van der Waals surface area contributed by atoms with Crippen molar-refractivity contribution in [3.8, 4) is 0 Å². The molecule has 20 heavy (non-hydrogen) atoms. The van der Waals surface area contributed by atoms with Crippen LogP contribution in [-0.2, 0) is 10.2 Å². The minimum Gasteiger partial charge on any atom is -0.316 e. The molecule has 5 nitrogen and oxygen atoms in total. The lowest BCUT2D eigenvalue weighted by atomic mass is 9.95. The highest BCUT2D eigenvalue weighted by Crippen LogP contribution is 2.36. The summed E-state index contributed by atoms with van der Waals surface area (Å²) >= 11 is 0. The highest BCUT2D eigenvalue weighted by molar-refractivity contribution is 7.86. The first kappa shape index (κ1) is 14.8. The van der Waals surface area contributed by atoms with E-state index in [1.807, 2.05) is 0 Å². The van der Waals surface area contributed by atoms with Gasteiger partial charge in [0.05, 0.1) is 0 Å². The van der Waals surface area contributed by atoms with Gasteiger partial charge in [-0.05, 0) is 44.7 Å². The summed E-state index contributed by atoms with van der Waals surface area (Å²) in [5.74, 6) is 0.990. The van der Waals surface area contributed by atoms with Gasteiger partial charge in [-0.15, -0.1) is 0 Å². The standard InChI is InChI=1S/C14H27N3O2S/c1-11-14-9-15-8-12(14)10-17(11)20(18,19)16(2)13-6-4-3-5-7-13/h11-15H,3-10H2,1-2H3. The lowest BCUT2D eigenvalue weighted by Gasteiger charge is -2.35. The van der Waals surface area contributed by atoms with Gasteiger partial charge in [0.25, 0.3) is 10.2 Å². The quantitative estimate of drug-likeness (QED) is 0.847. The van der Waals surface area contributed by atoms with Gasteiger partial charge in [0.15, 0.2) is 0 Å². The molecule has 0 amide bonds. The van der Waals surface area contributed by atoms with Gasteiger partial charge < -0.3 is 5.32 Å². The van der Waals surface area contributed by atoms with Gasteiger partial charge in [-0.25, -0.2) is 0 Å². The van der Waals surface area contributed by atoms with Crippen molar-refractivity contribution < 1.29 is 8.42 Å². The van der Waals surface area contributed by atoms with Crippen LogP contribution in [0.25, 0.3) is 0 Å². The third kappa shape index (κ3) is 2.40. The Balaban J connectivity index is 1.74. The summed E-state index contributed by atoms with van der Waals surface area (Å²) in [6.07, 6.45) is 5.61. The first-order valence-electron chi connectivity index (χ1n) is 7.97. The second-order valence-electron chi connectivity index (χ2n) is 6.71. The van der Waals surface area contributed by atoms with Crippen LogP contribution in [0, 0.1) is 11.8 Å². The lowest BCUT2D eigenvalue weighted by Crippen LogP contribution is -2.49. The van der Waals surface area contributed by atoms with Gasteiger partial charge in [-0.3, -0.25) is 0 Å². The second kappa shape index (κ2) is 5.55. The Bertz CT molecular complexity index is 447. The number of hydrogen-bond acceptors (Lipinski definition) is 3. The molecule has 3 unspecified atom stereocenters. The van der Waals surface area contributed by atoms with Crippen molar-refractivity contribution in [1.82, 2.24) is 13.9 Å². The fraction of sp³-hybridized carbons (Fsp3) is 1.00. The van der Waals surface area contributed by atoms with Crippen molar-refractivity contribution >= 4 is 10.2 Å². The van der Waals surface area contributed by atoms with Gasteiger partial charge >= 0.3 is 0 Å². The Morgan fingerprint density at radius 3 is 2.50 bits per heavy atom. The molecule has 0 spiro atoms. The molecule has 2 heterocycles. The average Bonchev–Trinajstić information content (AvgIpc) is 3.02. The fourth-order valence-electron chi connectivity index (χ4n) is 4.23. The minimum atomic E-state index is -3.29. The number of hydrogen-bond donors (Lipinski definition) is 1. The Kier molecular flexibility index (Phi) is 4.10. The van der Waals surface area contributed by atoms with E-state index in [9.17, 15) is 8.42 Å². The minimum absolute atomic E-state index is 0.131. The summed E-state index contributed by atoms with van der Waals surface area (Å²) in [7, 11) is -1.51. The molecule has 0 aromatic heterocycles. The van der Waals surface area contributed by atoms with Crippen LogP contribution < -0.4 is 5.32 Å². The molecule has 3 atom stereocenters. The molecule has 116 valence electrons. The van der Waals surface area contributed by atoms with Gasteiger partial charge in [-0.1, -0.05) is 19.3 Å². The maximum atomic E-state index is 12.9. The Labute approximate surface area is 122 Å². The predicted octanol–water partition coefficient (Wildman–Crippen LogP) is 1.04. The Hall–Kier alpha value is -0.170. The van der Waals surface area contributed by atoms with Gasteiger partial charge in [0, 0.05) is 25.7 Å². The summed E-state index contributed by atoms with van der Waals surface area (Å²) in [6, 6.07) is 0.338. The zero-order chi connectivity index (χ0) is 14.3. The maximum Gasteiger partial charge on any atom is 0.282 e. The van der Waals surface area contributed by atoms with Crippen LogP contribution >= 0.6 is 0 Å². The third-order valence-corrected chi connectivity index (χ3v) is 7.73. The number of nitrogens with one attached hydrogen (secondary N) is 1. The lowest BCUT2D eigenvalue weighted by molar-refractivity contribution is 0.255. The largest absolute Gasteiger partial charge is 0.316 e. The summed E-state index contributed by atoms with van der Waals surface area (Å²) in [5.41, 5.74) is 0. The molecule has 3 fully saturated rings. The summed E-state index contributed by atoms with van der Waals surface area (Å²) in [5, 5.41) is 3.38. The van der Waals surface area contributed by atoms with Crippen LogP contribution in [0.15, 0.2) is 0 Å².